The molecule has 13 heavy (non-hydrogen) atoms. The fourth-order valence-corrected chi connectivity index (χ4v) is 1.12. The highest BCUT2D eigenvalue weighted by Crippen LogP contribution is 2.12. The Morgan fingerprint density at radius 3 is 2.85 bits per heavy atom. The van der Waals surface area contributed by atoms with Crippen molar-refractivity contribution in [1.29, 1.82) is 5.26 Å². The van der Waals surface area contributed by atoms with Crippen molar-refractivity contribution >= 4 is 0 Å². The molecule has 66 valence electrons. The molecule has 0 aliphatic rings. The zero-order valence-electron chi connectivity index (χ0n) is 7.47. The third kappa shape index (κ3) is 2.41. The Bertz CT molecular complexity index is 374. The summed E-state index contributed by atoms with van der Waals surface area (Å²) in [4.78, 5) is 0. The van der Waals surface area contributed by atoms with Crippen molar-refractivity contribution in [3.63, 3.8) is 0 Å². The van der Waals surface area contributed by atoms with Gasteiger partial charge in [-0.3, -0.25) is 0 Å². The van der Waals surface area contributed by atoms with Gasteiger partial charge in [0.1, 0.15) is 11.9 Å². The molecule has 0 saturated heterocycles. The van der Waals surface area contributed by atoms with Crippen LogP contribution in [0.3, 0.4) is 0 Å². The number of nitriles is 1. The fraction of sp³-hybridized carbons (Fsp3) is 0.182. The Hall–Kier alpha value is -1.62. The second-order valence-electron chi connectivity index (χ2n) is 3.06. The van der Waals surface area contributed by atoms with Gasteiger partial charge in [0.05, 0.1) is 5.56 Å². The Balaban J connectivity index is 3.01. The Kier molecular flexibility index (Phi) is 2.81. The van der Waals surface area contributed by atoms with E-state index in [1.807, 2.05) is 6.92 Å². The number of hydrogen-bond donors (Lipinski definition) is 0. The van der Waals surface area contributed by atoms with Crippen LogP contribution in [0.1, 0.15) is 18.1 Å². The zero-order chi connectivity index (χ0) is 9.84. The van der Waals surface area contributed by atoms with Gasteiger partial charge in [-0.25, -0.2) is 4.39 Å². The van der Waals surface area contributed by atoms with Gasteiger partial charge in [-0.05, 0) is 31.0 Å². The molecule has 0 aliphatic heterocycles. The standard InChI is InChI=1S/C11H10FN/c1-8(2)5-9-3-4-11(12)10(6-9)7-13/h3-4,6H,1,5H2,2H3. The normalized spacial score (nSPS) is 9.31. The van der Waals surface area contributed by atoms with Crippen molar-refractivity contribution in [3.05, 3.63) is 47.3 Å². The first-order valence-corrected chi connectivity index (χ1v) is 3.96. The van der Waals surface area contributed by atoms with Gasteiger partial charge < -0.3 is 0 Å². The van der Waals surface area contributed by atoms with Crippen molar-refractivity contribution in [1.82, 2.24) is 0 Å². The molecule has 0 bridgehead atoms. The summed E-state index contributed by atoms with van der Waals surface area (Å²) in [6.07, 6.45) is 0.689. The molecule has 1 aromatic rings. The monoisotopic (exact) mass is 175 g/mol. The average Bonchev–Trinajstić information content (AvgIpc) is 2.07. The first kappa shape index (κ1) is 9.47. The molecule has 0 amide bonds. The maximum Gasteiger partial charge on any atom is 0.140 e. The van der Waals surface area contributed by atoms with Crippen LogP contribution in [0.15, 0.2) is 30.4 Å². The molecule has 0 N–H and O–H groups in total. The van der Waals surface area contributed by atoms with Crippen LogP contribution in [0.25, 0.3) is 0 Å². The lowest BCUT2D eigenvalue weighted by atomic mass is 10.1. The first-order chi connectivity index (χ1) is 6.13. The highest BCUT2D eigenvalue weighted by atomic mass is 19.1. The van der Waals surface area contributed by atoms with Gasteiger partial charge in [-0.1, -0.05) is 18.2 Å². The third-order valence-electron chi connectivity index (χ3n) is 1.66. The van der Waals surface area contributed by atoms with Crippen LogP contribution in [-0.4, -0.2) is 0 Å². The van der Waals surface area contributed by atoms with Crippen LogP contribution in [0.4, 0.5) is 4.39 Å². The predicted octanol–water partition coefficient (Wildman–Crippen LogP) is 2.82. The Morgan fingerprint density at radius 1 is 1.62 bits per heavy atom. The Labute approximate surface area is 77.1 Å². The molecule has 1 rings (SSSR count). The molecule has 0 unspecified atom stereocenters. The van der Waals surface area contributed by atoms with E-state index in [4.69, 9.17) is 5.26 Å². The van der Waals surface area contributed by atoms with E-state index in [0.717, 1.165) is 11.1 Å². The molecule has 0 saturated carbocycles. The fourth-order valence-electron chi connectivity index (χ4n) is 1.12. The average molecular weight is 175 g/mol. The third-order valence-corrected chi connectivity index (χ3v) is 1.66. The van der Waals surface area contributed by atoms with E-state index in [2.05, 4.69) is 6.58 Å². The van der Waals surface area contributed by atoms with E-state index in [0.29, 0.717) is 6.42 Å². The minimum atomic E-state index is -0.465. The smallest absolute Gasteiger partial charge is 0.140 e. The zero-order valence-corrected chi connectivity index (χ0v) is 7.47. The molecular weight excluding hydrogens is 165 g/mol. The van der Waals surface area contributed by atoms with Crippen molar-refractivity contribution < 1.29 is 4.39 Å². The number of hydrogen-bond acceptors (Lipinski definition) is 1. The van der Waals surface area contributed by atoms with E-state index in [-0.39, 0.29) is 5.56 Å². The quantitative estimate of drug-likeness (QED) is 0.634. The summed E-state index contributed by atoms with van der Waals surface area (Å²) in [6, 6.07) is 6.35. The van der Waals surface area contributed by atoms with Crippen LogP contribution in [0.2, 0.25) is 0 Å². The van der Waals surface area contributed by atoms with E-state index in [1.54, 1.807) is 18.2 Å². The van der Waals surface area contributed by atoms with Gasteiger partial charge in [0.15, 0.2) is 0 Å². The van der Waals surface area contributed by atoms with Crippen molar-refractivity contribution in [2.45, 2.75) is 13.3 Å². The van der Waals surface area contributed by atoms with Crippen LogP contribution >= 0.6 is 0 Å². The van der Waals surface area contributed by atoms with Crippen molar-refractivity contribution in [2.24, 2.45) is 0 Å². The van der Waals surface area contributed by atoms with Gasteiger partial charge in [0.2, 0.25) is 0 Å². The summed E-state index contributed by atoms with van der Waals surface area (Å²) in [5.74, 6) is -0.465. The van der Waals surface area contributed by atoms with Crippen molar-refractivity contribution in [3.8, 4) is 6.07 Å². The summed E-state index contributed by atoms with van der Waals surface area (Å²) in [6.45, 7) is 5.65. The van der Waals surface area contributed by atoms with Gasteiger partial charge in [-0.15, -0.1) is 0 Å². The predicted molar refractivity (Wildman–Crippen MR) is 49.6 cm³/mol. The lowest BCUT2D eigenvalue weighted by Gasteiger charge is -2.01. The minimum Gasteiger partial charge on any atom is -0.206 e. The molecule has 0 aromatic heterocycles. The molecule has 0 spiro atoms. The molecule has 1 aromatic carbocycles. The lowest BCUT2D eigenvalue weighted by Crippen LogP contribution is -1.90. The van der Waals surface area contributed by atoms with Gasteiger partial charge in [-0.2, -0.15) is 5.26 Å². The summed E-state index contributed by atoms with van der Waals surface area (Å²) in [5.41, 5.74) is 2.01. The molecule has 1 nitrogen and oxygen atoms in total. The first-order valence-electron chi connectivity index (χ1n) is 3.96. The lowest BCUT2D eigenvalue weighted by molar-refractivity contribution is 0.623. The van der Waals surface area contributed by atoms with Crippen molar-refractivity contribution in [2.75, 3.05) is 0 Å². The maximum absolute atomic E-state index is 12.9. The summed E-state index contributed by atoms with van der Waals surface area (Å²) >= 11 is 0. The number of nitrogens with zero attached hydrogens (tertiary/aromatic N) is 1. The van der Waals surface area contributed by atoms with Gasteiger partial charge in [0, 0.05) is 0 Å². The van der Waals surface area contributed by atoms with Crippen LogP contribution in [-0.2, 0) is 6.42 Å². The molecule has 0 fully saturated rings. The van der Waals surface area contributed by atoms with Crippen LogP contribution in [0, 0.1) is 17.1 Å². The minimum absolute atomic E-state index is 0.0961. The SMILES string of the molecule is C=C(C)Cc1ccc(F)c(C#N)c1. The second-order valence-corrected chi connectivity index (χ2v) is 3.06. The molecule has 0 radical (unpaired) electrons. The van der Waals surface area contributed by atoms with Crippen LogP contribution in [0.5, 0.6) is 0 Å². The molecular formula is C11H10FN. The number of allylic oxidation sites excluding steroid dienone is 1. The number of benzene rings is 1. The molecule has 2 heteroatoms. The maximum atomic E-state index is 12.9. The Morgan fingerprint density at radius 2 is 2.31 bits per heavy atom. The number of halogens is 1. The second kappa shape index (κ2) is 3.86. The highest BCUT2D eigenvalue weighted by Gasteiger charge is 2.02. The summed E-state index contributed by atoms with van der Waals surface area (Å²) < 4.78 is 12.9. The van der Waals surface area contributed by atoms with Gasteiger partial charge >= 0.3 is 0 Å². The van der Waals surface area contributed by atoms with Crippen LogP contribution < -0.4 is 0 Å². The molecule has 0 atom stereocenters. The summed E-state index contributed by atoms with van der Waals surface area (Å²) in [7, 11) is 0. The van der Waals surface area contributed by atoms with E-state index < -0.39 is 5.82 Å². The highest BCUT2D eigenvalue weighted by molar-refractivity contribution is 5.35. The van der Waals surface area contributed by atoms with E-state index in [9.17, 15) is 4.39 Å². The molecule has 0 heterocycles. The van der Waals surface area contributed by atoms with E-state index >= 15 is 0 Å². The number of rotatable bonds is 2. The largest absolute Gasteiger partial charge is 0.206 e. The summed E-state index contributed by atoms with van der Waals surface area (Å²) in [5, 5.41) is 8.56. The molecule has 0 aliphatic carbocycles. The topological polar surface area (TPSA) is 23.8 Å². The van der Waals surface area contributed by atoms with Gasteiger partial charge in [0.25, 0.3) is 0 Å². The van der Waals surface area contributed by atoms with E-state index in [1.165, 1.54) is 6.07 Å².